The van der Waals surface area contributed by atoms with E-state index in [1.165, 1.54) is 18.5 Å². The standard InChI is InChI=1S/C21H20FN5O/c1-13-8-9-27(26-13)14(2)25-21-18-10-16(15-4-6-17(22)7-5-15)11-19(28-3)20(18)23-12-24-21/h4-12,14H,1-3H3,(H,23,24,25). The summed E-state index contributed by atoms with van der Waals surface area (Å²) in [4.78, 5) is 8.81. The summed E-state index contributed by atoms with van der Waals surface area (Å²) in [6, 6.07) is 12.2. The molecule has 142 valence electrons. The van der Waals surface area contributed by atoms with E-state index >= 15 is 0 Å². The van der Waals surface area contributed by atoms with E-state index in [0.29, 0.717) is 17.1 Å². The molecule has 28 heavy (non-hydrogen) atoms. The lowest BCUT2D eigenvalue weighted by Crippen LogP contribution is -2.16. The van der Waals surface area contributed by atoms with Crippen LogP contribution in [-0.2, 0) is 0 Å². The van der Waals surface area contributed by atoms with Crippen LogP contribution in [0.4, 0.5) is 10.2 Å². The first-order chi connectivity index (χ1) is 13.5. The fourth-order valence-electron chi connectivity index (χ4n) is 3.13. The Hall–Kier alpha value is -3.48. The summed E-state index contributed by atoms with van der Waals surface area (Å²) < 4.78 is 20.7. The summed E-state index contributed by atoms with van der Waals surface area (Å²) in [5, 5.41) is 8.65. The van der Waals surface area contributed by atoms with Gasteiger partial charge in [0.25, 0.3) is 0 Å². The molecule has 0 aliphatic rings. The minimum atomic E-state index is -0.273. The van der Waals surface area contributed by atoms with Crippen LogP contribution in [0, 0.1) is 12.7 Å². The normalized spacial score (nSPS) is 12.1. The summed E-state index contributed by atoms with van der Waals surface area (Å²) >= 11 is 0. The lowest BCUT2D eigenvalue weighted by atomic mass is 10.0. The molecule has 1 unspecified atom stereocenters. The van der Waals surface area contributed by atoms with E-state index < -0.39 is 0 Å². The quantitative estimate of drug-likeness (QED) is 0.551. The molecule has 1 atom stereocenters. The van der Waals surface area contributed by atoms with Crippen LogP contribution < -0.4 is 10.1 Å². The number of halogens is 1. The largest absolute Gasteiger partial charge is 0.494 e. The molecule has 6 nitrogen and oxygen atoms in total. The van der Waals surface area contributed by atoms with E-state index in [4.69, 9.17) is 4.74 Å². The molecule has 7 heteroatoms. The van der Waals surface area contributed by atoms with Gasteiger partial charge in [0.05, 0.1) is 12.8 Å². The van der Waals surface area contributed by atoms with Gasteiger partial charge in [0.2, 0.25) is 0 Å². The van der Waals surface area contributed by atoms with Gasteiger partial charge in [0, 0.05) is 11.6 Å². The van der Waals surface area contributed by atoms with Crippen molar-refractivity contribution in [2.45, 2.75) is 20.0 Å². The molecule has 0 saturated heterocycles. The van der Waals surface area contributed by atoms with Gasteiger partial charge in [-0.2, -0.15) is 5.10 Å². The predicted octanol–water partition coefficient (Wildman–Crippen LogP) is 4.58. The Balaban J connectivity index is 1.80. The first kappa shape index (κ1) is 17.9. The van der Waals surface area contributed by atoms with Gasteiger partial charge >= 0.3 is 0 Å². The van der Waals surface area contributed by atoms with Crippen LogP contribution in [0.2, 0.25) is 0 Å². The van der Waals surface area contributed by atoms with Crippen LogP contribution in [-0.4, -0.2) is 26.9 Å². The molecule has 0 saturated carbocycles. The fraction of sp³-hybridized carbons (Fsp3) is 0.190. The third-order valence-corrected chi connectivity index (χ3v) is 4.59. The Morgan fingerprint density at radius 3 is 2.54 bits per heavy atom. The van der Waals surface area contributed by atoms with Gasteiger partial charge in [0.1, 0.15) is 35.4 Å². The van der Waals surface area contributed by atoms with Crippen molar-refractivity contribution in [3.05, 3.63) is 66.5 Å². The lowest BCUT2D eigenvalue weighted by Gasteiger charge is -2.17. The maximum atomic E-state index is 13.3. The molecule has 2 aromatic heterocycles. The minimum Gasteiger partial charge on any atom is -0.494 e. The monoisotopic (exact) mass is 377 g/mol. The maximum absolute atomic E-state index is 13.3. The highest BCUT2D eigenvalue weighted by atomic mass is 19.1. The summed E-state index contributed by atoms with van der Waals surface area (Å²) in [6.07, 6.45) is 3.32. The van der Waals surface area contributed by atoms with Crippen molar-refractivity contribution < 1.29 is 9.13 Å². The highest BCUT2D eigenvalue weighted by Crippen LogP contribution is 2.34. The summed E-state index contributed by atoms with van der Waals surface area (Å²) in [5.74, 6) is 1.03. The Morgan fingerprint density at radius 1 is 1.07 bits per heavy atom. The van der Waals surface area contributed by atoms with Crippen molar-refractivity contribution in [2.24, 2.45) is 0 Å². The highest BCUT2D eigenvalue weighted by molar-refractivity contribution is 5.96. The topological polar surface area (TPSA) is 64.9 Å². The maximum Gasteiger partial charge on any atom is 0.145 e. The zero-order valence-corrected chi connectivity index (χ0v) is 15.8. The number of aromatic nitrogens is 4. The summed E-state index contributed by atoms with van der Waals surface area (Å²) in [5.41, 5.74) is 3.42. The van der Waals surface area contributed by atoms with Gasteiger partial charge in [-0.1, -0.05) is 12.1 Å². The third-order valence-electron chi connectivity index (χ3n) is 4.59. The SMILES string of the molecule is COc1cc(-c2ccc(F)cc2)cc2c(NC(C)n3ccc(C)n3)ncnc12. The first-order valence-corrected chi connectivity index (χ1v) is 8.92. The molecule has 0 spiro atoms. The zero-order chi connectivity index (χ0) is 19.7. The zero-order valence-electron chi connectivity index (χ0n) is 15.8. The van der Waals surface area contributed by atoms with Crippen LogP contribution in [0.3, 0.4) is 0 Å². The molecule has 2 aromatic carbocycles. The van der Waals surface area contributed by atoms with Crippen molar-refractivity contribution in [1.29, 1.82) is 0 Å². The van der Waals surface area contributed by atoms with E-state index in [9.17, 15) is 4.39 Å². The number of rotatable bonds is 5. The van der Waals surface area contributed by atoms with Crippen LogP contribution in [0.1, 0.15) is 18.8 Å². The summed E-state index contributed by atoms with van der Waals surface area (Å²) in [7, 11) is 1.60. The lowest BCUT2D eigenvalue weighted by molar-refractivity contribution is 0.419. The Bertz CT molecular complexity index is 1120. The number of methoxy groups -OCH3 is 1. The number of benzene rings is 2. The van der Waals surface area contributed by atoms with E-state index in [1.54, 1.807) is 19.2 Å². The van der Waals surface area contributed by atoms with Crippen molar-refractivity contribution in [3.63, 3.8) is 0 Å². The Kier molecular flexibility index (Phi) is 4.65. The second-order valence-electron chi connectivity index (χ2n) is 6.56. The Labute approximate surface area is 162 Å². The molecule has 4 rings (SSSR count). The predicted molar refractivity (Wildman–Crippen MR) is 107 cm³/mol. The third kappa shape index (κ3) is 3.38. The fourth-order valence-corrected chi connectivity index (χ4v) is 3.13. The van der Waals surface area contributed by atoms with E-state index in [2.05, 4.69) is 20.4 Å². The molecule has 0 radical (unpaired) electrons. The van der Waals surface area contributed by atoms with Crippen molar-refractivity contribution in [3.8, 4) is 16.9 Å². The van der Waals surface area contributed by atoms with E-state index in [-0.39, 0.29) is 12.0 Å². The molecule has 0 aliphatic carbocycles. The van der Waals surface area contributed by atoms with Gasteiger partial charge in [-0.05, 0) is 55.3 Å². The number of ether oxygens (including phenoxy) is 1. The highest BCUT2D eigenvalue weighted by Gasteiger charge is 2.14. The number of aryl methyl sites for hydroxylation is 1. The Morgan fingerprint density at radius 2 is 1.86 bits per heavy atom. The van der Waals surface area contributed by atoms with Crippen LogP contribution in [0.5, 0.6) is 5.75 Å². The van der Waals surface area contributed by atoms with Crippen LogP contribution in [0.25, 0.3) is 22.0 Å². The van der Waals surface area contributed by atoms with Crippen LogP contribution in [0.15, 0.2) is 55.0 Å². The van der Waals surface area contributed by atoms with E-state index in [0.717, 1.165) is 22.2 Å². The second-order valence-corrected chi connectivity index (χ2v) is 6.56. The molecule has 0 amide bonds. The second kappa shape index (κ2) is 7.26. The average molecular weight is 377 g/mol. The number of fused-ring (bicyclic) bond motifs is 1. The molecule has 2 heterocycles. The average Bonchev–Trinajstić information content (AvgIpc) is 3.14. The first-order valence-electron chi connectivity index (χ1n) is 8.92. The smallest absolute Gasteiger partial charge is 0.145 e. The van der Waals surface area contributed by atoms with Gasteiger partial charge in [-0.3, -0.25) is 4.68 Å². The van der Waals surface area contributed by atoms with Gasteiger partial charge in [0.15, 0.2) is 0 Å². The number of nitrogens with one attached hydrogen (secondary N) is 1. The van der Waals surface area contributed by atoms with Crippen LogP contribution >= 0.6 is 0 Å². The number of hydrogen-bond acceptors (Lipinski definition) is 5. The minimum absolute atomic E-state index is 0.104. The number of anilines is 1. The van der Waals surface area contributed by atoms with Gasteiger partial charge < -0.3 is 10.1 Å². The number of nitrogens with zero attached hydrogens (tertiary/aromatic N) is 4. The van der Waals surface area contributed by atoms with Gasteiger partial charge in [-0.15, -0.1) is 0 Å². The molecular weight excluding hydrogens is 357 g/mol. The number of hydrogen-bond donors (Lipinski definition) is 1. The molecule has 1 N–H and O–H groups in total. The van der Waals surface area contributed by atoms with Crippen molar-refractivity contribution in [1.82, 2.24) is 19.7 Å². The van der Waals surface area contributed by atoms with Crippen molar-refractivity contribution >= 4 is 16.7 Å². The van der Waals surface area contributed by atoms with E-state index in [1.807, 2.05) is 42.9 Å². The van der Waals surface area contributed by atoms with Crippen molar-refractivity contribution in [2.75, 3.05) is 12.4 Å². The molecule has 0 bridgehead atoms. The summed E-state index contributed by atoms with van der Waals surface area (Å²) in [6.45, 7) is 3.95. The molecular formula is C21H20FN5O. The molecule has 0 fully saturated rings. The molecule has 0 aliphatic heterocycles. The molecule has 4 aromatic rings. The van der Waals surface area contributed by atoms with Gasteiger partial charge in [-0.25, -0.2) is 14.4 Å².